The Kier molecular flexibility index (Phi) is 6.22. The number of halogens is 1. The Balaban J connectivity index is 2.06. The summed E-state index contributed by atoms with van der Waals surface area (Å²) in [6.45, 7) is 7.50. The molecule has 21 heavy (non-hydrogen) atoms. The molecule has 2 nitrogen and oxygen atoms in total. The van der Waals surface area contributed by atoms with Gasteiger partial charge >= 0.3 is 0 Å². The van der Waals surface area contributed by atoms with Gasteiger partial charge in [0.25, 0.3) is 0 Å². The highest BCUT2D eigenvalue weighted by atomic mass is 35.5. The van der Waals surface area contributed by atoms with Crippen LogP contribution in [0.1, 0.15) is 52.0 Å². The van der Waals surface area contributed by atoms with Crippen LogP contribution in [0.25, 0.3) is 0 Å². The second-order valence-electron chi connectivity index (χ2n) is 6.26. The van der Waals surface area contributed by atoms with Gasteiger partial charge in [0.2, 0.25) is 0 Å². The molecule has 1 aliphatic rings. The van der Waals surface area contributed by atoms with Crippen molar-refractivity contribution in [1.82, 2.24) is 0 Å². The molecule has 0 bridgehead atoms. The van der Waals surface area contributed by atoms with Gasteiger partial charge in [-0.3, -0.25) is 0 Å². The largest absolute Gasteiger partial charge is 0.493 e. The first kappa shape index (κ1) is 16.5. The average Bonchev–Trinajstić information content (AvgIpc) is 2.49. The van der Waals surface area contributed by atoms with Crippen LogP contribution in [0.15, 0.2) is 18.2 Å². The fourth-order valence-electron chi connectivity index (χ4n) is 2.85. The van der Waals surface area contributed by atoms with Crippen LogP contribution >= 0.6 is 11.6 Å². The lowest BCUT2D eigenvalue weighted by Crippen LogP contribution is -2.29. The molecule has 3 heteroatoms. The fraction of sp³-hybridized carbons (Fsp3) is 0.667. The van der Waals surface area contributed by atoms with Gasteiger partial charge in [-0.2, -0.15) is 0 Å². The number of alkyl halides is 1. The lowest BCUT2D eigenvalue weighted by atomic mass is 9.80. The summed E-state index contributed by atoms with van der Waals surface area (Å²) in [4.78, 5) is 0. The van der Waals surface area contributed by atoms with Crippen molar-refractivity contribution in [2.24, 2.45) is 11.8 Å². The molecular weight excluding hydrogens is 284 g/mol. The van der Waals surface area contributed by atoms with E-state index in [-0.39, 0.29) is 0 Å². The molecular formula is C18H27ClO2. The summed E-state index contributed by atoms with van der Waals surface area (Å²) in [6.07, 6.45) is 4.81. The van der Waals surface area contributed by atoms with E-state index in [2.05, 4.69) is 20.8 Å². The summed E-state index contributed by atoms with van der Waals surface area (Å²) < 4.78 is 12.0. The molecule has 0 saturated heterocycles. The van der Waals surface area contributed by atoms with Crippen LogP contribution in [0.2, 0.25) is 0 Å². The quantitative estimate of drug-likeness (QED) is 0.653. The summed E-state index contributed by atoms with van der Waals surface area (Å²) in [5.74, 6) is 3.77. The van der Waals surface area contributed by atoms with E-state index in [1.807, 2.05) is 18.2 Å². The van der Waals surface area contributed by atoms with Gasteiger partial charge in [-0.15, -0.1) is 11.6 Å². The van der Waals surface area contributed by atoms with Gasteiger partial charge in [-0.1, -0.05) is 26.8 Å². The molecule has 1 aromatic rings. The highest BCUT2D eigenvalue weighted by Crippen LogP contribution is 2.34. The Bertz CT molecular complexity index is 447. The first-order valence-electron chi connectivity index (χ1n) is 8.12. The molecule has 0 aromatic heterocycles. The van der Waals surface area contributed by atoms with Gasteiger partial charge < -0.3 is 9.47 Å². The molecule has 3 unspecified atom stereocenters. The third-order valence-electron chi connectivity index (χ3n) is 4.50. The maximum Gasteiger partial charge on any atom is 0.127 e. The summed E-state index contributed by atoms with van der Waals surface area (Å²) in [5, 5.41) is 0. The van der Waals surface area contributed by atoms with Crippen LogP contribution in [0, 0.1) is 11.8 Å². The highest BCUT2D eigenvalue weighted by Gasteiger charge is 2.26. The molecule has 118 valence electrons. The van der Waals surface area contributed by atoms with Crippen LogP contribution in [-0.4, -0.2) is 12.7 Å². The van der Waals surface area contributed by atoms with E-state index in [4.69, 9.17) is 21.1 Å². The second-order valence-corrected chi connectivity index (χ2v) is 6.53. The van der Waals surface area contributed by atoms with Crippen molar-refractivity contribution in [1.29, 1.82) is 0 Å². The molecule has 2 rings (SSSR count). The number of hydrogen-bond acceptors (Lipinski definition) is 2. The minimum atomic E-state index is 0.305. The third-order valence-corrected chi connectivity index (χ3v) is 4.79. The Labute approximate surface area is 133 Å². The van der Waals surface area contributed by atoms with Crippen LogP contribution in [0.5, 0.6) is 11.5 Å². The molecule has 0 spiro atoms. The van der Waals surface area contributed by atoms with E-state index in [0.717, 1.165) is 54.8 Å². The van der Waals surface area contributed by atoms with E-state index in [1.54, 1.807) is 0 Å². The molecule has 1 aliphatic carbocycles. The molecule has 1 aromatic carbocycles. The smallest absolute Gasteiger partial charge is 0.127 e. The third kappa shape index (κ3) is 4.54. The maximum absolute atomic E-state index is 6.25. The monoisotopic (exact) mass is 310 g/mol. The highest BCUT2D eigenvalue weighted by molar-refractivity contribution is 6.17. The SMILES string of the molecule is CCCOc1ccc(CCl)c(OC2CCC(C)C(C)C2)c1. The maximum atomic E-state index is 6.25. The van der Waals surface area contributed by atoms with Crippen molar-refractivity contribution in [3.63, 3.8) is 0 Å². The van der Waals surface area contributed by atoms with Gasteiger partial charge in [0.05, 0.1) is 18.6 Å². The van der Waals surface area contributed by atoms with E-state index < -0.39 is 0 Å². The molecule has 1 fully saturated rings. The molecule has 0 N–H and O–H groups in total. The Morgan fingerprint density at radius 3 is 2.67 bits per heavy atom. The topological polar surface area (TPSA) is 18.5 Å². The van der Waals surface area contributed by atoms with Gasteiger partial charge in [0.1, 0.15) is 11.5 Å². The first-order chi connectivity index (χ1) is 10.1. The number of rotatable bonds is 6. The standard InChI is InChI=1S/C18H27ClO2/c1-4-9-20-16-8-6-15(12-19)18(11-16)21-17-7-5-13(2)14(3)10-17/h6,8,11,13-14,17H,4-5,7,9-10,12H2,1-3H3. The Morgan fingerprint density at radius 2 is 2.00 bits per heavy atom. The van der Waals surface area contributed by atoms with Gasteiger partial charge in [0, 0.05) is 11.6 Å². The van der Waals surface area contributed by atoms with Gasteiger partial charge in [-0.25, -0.2) is 0 Å². The van der Waals surface area contributed by atoms with Crippen molar-refractivity contribution in [3.8, 4) is 11.5 Å². The van der Waals surface area contributed by atoms with Crippen LogP contribution < -0.4 is 9.47 Å². The summed E-state index contributed by atoms with van der Waals surface area (Å²) >= 11 is 6.04. The Morgan fingerprint density at radius 1 is 1.19 bits per heavy atom. The predicted octanol–water partition coefficient (Wildman–Crippen LogP) is 5.42. The fourth-order valence-corrected chi connectivity index (χ4v) is 3.07. The lowest BCUT2D eigenvalue weighted by molar-refractivity contribution is 0.0996. The molecule has 0 amide bonds. The second kappa shape index (κ2) is 7.93. The van der Waals surface area contributed by atoms with Crippen molar-refractivity contribution >= 4 is 11.6 Å². The number of benzene rings is 1. The van der Waals surface area contributed by atoms with Crippen molar-refractivity contribution in [2.45, 2.75) is 58.4 Å². The van der Waals surface area contributed by atoms with Crippen molar-refractivity contribution in [3.05, 3.63) is 23.8 Å². The summed E-state index contributed by atoms with van der Waals surface area (Å²) in [6, 6.07) is 5.99. The van der Waals surface area contributed by atoms with Gasteiger partial charge in [-0.05, 0) is 43.6 Å². The zero-order valence-corrected chi connectivity index (χ0v) is 14.2. The molecule has 0 heterocycles. The van der Waals surface area contributed by atoms with Gasteiger partial charge in [0.15, 0.2) is 0 Å². The Hall–Kier alpha value is -0.890. The summed E-state index contributed by atoms with van der Waals surface area (Å²) in [5.41, 5.74) is 1.05. The minimum absolute atomic E-state index is 0.305. The zero-order valence-electron chi connectivity index (χ0n) is 13.4. The van der Waals surface area contributed by atoms with Crippen molar-refractivity contribution < 1.29 is 9.47 Å². The van der Waals surface area contributed by atoms with E-state index in [0.29, 0.717) is 12.0 Å². The predicted molar refractivity (Wildman–Crippen MR) is 88.4 cm³/mol. The van der Waals surface area contributed by atoms with E-state index in [1.165, 1.54) is 6.42 Å². The van der Waals surface area contributed by atoms with Crippen molar-refractivity contribution in [2.75, 3.05) is 6.61 Å². The molecule has 0 aliphatic heterocycles. The van der Waals surface area contributed by atoms with Crippen LogP contribution in [0.4, 0.5) is 0 Å². The molecule has 1 saturated carbocycles. The first-order valence-corrected chi connectivity index (χ1v) is 8.65. The molecule has 0 radical (unpaired) electrons. The van der Waals surface area contributed by atoms with E-state index in [9.17, 15) is 0 Å². The zero-order chi connectivity index (χ0) is 15.2. The normalized spacial score (nSPS) is 25.6. The van der Waals surface area contributed by atoms with Crippen LogP contribution in [-0.2, 0) is 5.88 Å². The molecule has 3 atom stereocenters. The lowest BCUT2D eigenvalue weighted by Gasteiger charge is -2.32. The number of hydrogen-bond donors (Lipinski definition) is 0. The van der Waals surface area contributed by atoms with E-state index >= 15 is 0 Å². The average molecular weight is 311 g/mol. The van der Waals surface area contributed by atoms with Crippen LogP contribution in [0.3, 0.4) is 0 Å². The summed E-state index contributed by atoms with van der Waals surface area (Å²) in [7, 11) is 0. The number of ether oxygens (including phenoxy) is 2. The minimum Gasteiger partial charge on any atom is -0.493 e.